The maximum atomic E-state index is 13.4. The van der Waals surface area contributed by atoms with E-state index in [4.69, 9.17) is 46.4 Å². The van der Waals surface area contributed by atoms with Gasteiger partial charge in [-0.3, -0.25) is 4.79 Å². The zero-order valence-electron chi connectivity index (χ0n) is 20.7. The Morgan fingerprint density at radius 3 is 2.23 bits per heavy atom. The molecule has 5 rings (SSSR count). The number of hydrogen-bond donors (Lipinski definition) is 3. The molecule has 0 bridgehead atoms. The summed E-state index contributed by atoms with van der Waals surface area (Å²) in [4.78, 5) is 17.4. The fraction of sp³-hybridized carbons (Fsp3) is 0.241. The first-order valence-electron chi connectivity index (χ1n) is 12.5. The van der Waals surface area contributed by atoms with Crippen LogP contribution in [0.15, 0.2) is 87.8 Å². The molecule has 202 valence electrons. The molecule has 5 nitrogen and oxygen atoms in total. The fourth-order valence-electron chi connectivity index (χ4n) is 5.29. The molecule has 0 saturated carbocycles. The molecule has 3 N–H and O–H groups in total. The molecule has 0 spiro atoms. The Kier molecular flexibility index (Phi) is 8.50. The van der Waals surface area contributed by atoms with E-state index >= 15 is 0 Å². The topological polar surface area (TPSA) is 66.1 Å². The van der Waals surface area contributed by atoms with E-state index in [1.54, 1.807) is 18.2 Å². The van der Waals surface area contributed by atoms with Crippen molar-refractivity contribution in [2.24, 2.45) is 5.92 Å². The van der Waals surface area contributed by atoms with Crippen LogP contribution in [0.4, 0.5) is 4.39 Å². The average molecular weight is 606 g/mol. The summed E-state index contributed by atoms with van der Waals surface area (Å²) in [5, 5.41) is 10.6. The monoisotopic (exact) mass is 604 g/mol. The summed E-state index contributed by atoms with van der Waals surface area (Å²) >= 11 is 26.0. The summed E-state index contributed by atoms with van der Waals surface area (Å²) in [7, 11) is 0. The first-order valence-corrected chi connectivity index (χ1v) is 14.0. The van der Waals surface area contributed by atoms with Crippen LogP contribution in [0.5, 0.6) is 0 Å². The van der Waals surface area contributed by atoms with Gasteiger partial charge in [0.25, 0.3) is 5.91 Å². The van der Waals surface area contributed by atoms with Gasteiger partial charge in [0, 0.05) is 18.2 Å². The lowest BCUT2D eigenvalue weighted by Crippen LogP contribution is -2.60. The number of aromatic nitrogens is 1. The highest BCUT2D eigenvalue weighted by Crippen LogP contribution is 2.44. The third-order valence-corrected chi connectivity index (χ3v) is 8.70. The fourth-order valence-corrected chi connectivity index (χ4v) is 6.23. The second-order valence-electron chi connectivity index (χ2n) is 9.64. The van der Waals surface area contributed by atoms with E-state index in [1.807, 2.05) is 24.3 Å². The predicted molar refractivity (Wildman–Crippen MR) is 155 cm³/mol. The molecule has 0 unspecified atom stereocenters. The van der Waals surface area contributed by atoms with Gasteiger partial charge in [-0.05, 0) is 72.8 Å². The molecule has 0 aliphatic carbocycles. The molecular weight excluding hydrogens is 581 g/mol. The first kappa shape index (κ1) is 27.9. The number of benzene rings is 2. The SMILES string of the molecule is O=C(NC1=C(Cl)C(Cl)=C(Cl)N[C@]1(Cc1ccc(-c2ccc(F)cc2)cc1)C1CCNCC1)c1ccnc(Cl)c1. The third kappa shape index (κ3) is 5.96. The molecule has 39 heavy (non-hydrogen) atoms. The summed E-state index contributed by atoms with van der Waals surface area (Å²) in [5.41, 5.74) is 2.83. The normalized spacial score (nSPS) is 20.1. The van der Waals surface area contributed by atoms with Crippen molar-refractivity contribution in [2.45, 2.75) is 24.8 Å². The number of amides is 1. The highest BCUT2D eigenvalue weighted by Gasteiger charge is 2.48. The van der Waals surface area contributed by atoms with Crippen molar-refractivity contribution in [2.75, 3.05) is 13.1 Å². The Morgan fingerprint density at radius 1 is 0.949 bits per heavy atom. The molecule has 1 saturated heterocycles. The number of hydrogen-bond acceptors (Lipinski definition) is 4. The number of carbonyl (C=O) groups excluding carboxylic acids is 1. The van der Waals surface area contributed by atoms with Crippen molar-refractivity contribution in [1.29, 1.82) is 0 Å². The second-order valence-corrected chi connectivity index (χ2v) is 11.2. The maximum absolute atomic E-state index is 13.4. The van der Waals surface area contributed by atoms with E-state index in [-0.39, 0.29) is 38.0 Å². The van der Waals surface area contributed by atoms with Crippen molar-refractivity contribution >= 4 is 52.3 Å². The van der Waals surface area contributed by atoms with E-state index < -0.39 is 5.54 Å². The van der Waals surface area contributed by atoms with Crippen molar-refractivity contribution < 1.29 is 9.18 Å². The van der Waals surface area contributed by atoms with E-state index in [1.165, 1.54) is 24.4 Å². The Balaban J connectivity index is 1.54. The predicted octanol–water partition coefficient (Wildman–Crippen LogP) is 6.95. The van der Waals surface area contributed by atoms with Gasteiger partial charge in [0.05, 0.1) is 21.3 Å². The number of halogens is 5. The van der Waals surface area contributed by atoms with Crippen LogP contribution in [0.25, 0.3) is 11.1 Å². The summed E-state index contributed by atoms with van der Waals surface area (Å²) < 4.78 is 13.4. The van der Waals surface area contributed by atoms with Crippen molar-refractivity contribution in [3.05, 3.63) is 110 Å². The quantitative estimate of drug-likeness (QED) is 0.210. The maximum Gasteiger partial charge on any atom is 0.255 e. The van der Waals surface area contributed by atoms with Crippen LogP contribution in [0.2, 0.25) is 5.15 Å². The molecule has 1 atom stereocenters. The molecule has 2 aliphatic rings. The smallest absolute Gasteiger partial charge is 0.255 e. The average Bonchev–Trinajstić information content (AvgIpc) is 2.95. The van der Waals surface area contributed by atoms with Gasteiger partial charge in [-0.15, -0.1) is 0 Å². The molecule has 2 aliphatic heterocycles. The summed E-state index contributed by atoms with van der Waals surface area (Å²) in [6.07, 6.45) is 3.60. The number of carbonyl (C=O) groups is 1. The molecule has 1 fully saturated rings. The van der Waals surface area contributed by atoms with Crippen molar-refractivity contribution in [3.8, 4) is 11.1 Å². The number of piperidine rings is 1. The minimum Gasteiger partial charge on any atom is -0.363 e. The van der Waals surface area contributed by atoms with Crippen LogP contribution >= 0.6 is 46.4 Å². The van der Waals surface area contributed by atoms with Gasteiger partial charge in [-0.1, -0.05) is 82.8 Å². The first-order chi connectivity index (χ1) is 18.8. The van der Waals surface area contributed by atoms with Crippen LogP contribution in [0.1, 0.15) is 28.8 Å². The lowest BCUT2D eigenvalue weighted by Gasteiger charge is -2.48. The second kappa shape index (κ2) is 11.9. The van der Waals surface area contributed by atoms with Gasteiger partial charge in [-0.2, -0.15) is 0 Å². The number of allylic oxidation sites excluding steroid dienone is 2. The number of nitrogens with one attached hydrogen (secondary N) is 3. The van der Waals surface area contributed by atoms with Crippen LogP contribution in [0, 0.1) is 11.7 Å². The Hall–Kier alpha value is -2.61. The summed E-state index contributed by atoms with van der Waals surface area (Å²) in [6.45, 7) is 1.62. The van der Waals surface area contributed by atoms with Crippen LogP contribution < -0.4 is 16.0 Å². The van der Waals surface area contributed by atoms with Crippen molar-refractivity contribution in [1.82, 2.24) is 20.9 Å². The standard InChI is InChI=1S/C29H25Cl4FN4O/c30-23-15-20(9-14-36-23)28(39)37-26-24(31)25(32)27(33)38-29(26,21-10-12-35-13-11-21)16-17-1-3-18(4-2-17)19-5-7-22(34)8-6-19/h1-9,14-15,21,35,38H,10-13,16H2,(H,37,39)/t29-/m1/s1. The molecule has 3 aromatic rings. The number of rotatable bonds is 6. The Morgan fingerprint density at radius 2 is 1.59 bits per heavy atom. The van der Waals surface area contributed by atoms with Gasteiger partial charge in [0.1, 0.15) is 16.1 Å². The molecule has 1 aromatic heterocycles. The molecule has 10 heteroatoms. The molecular formula is C29H25Cl4FN4O. The molecule has 1 amide bonds. The number of pyridine rings is 1. The molecule has 2 aromatic carbocycles. The lowest BCUT2D eigenvalue weighted by atomic mass is 9.71. The van der Waals surface area contributed by atoms with Gasteiger partial charge in [0.2, 0.25) is 0 Å². The Labute approximate surface area is 246 Å². The highest BCUT2D eigenvalue weighted by atomic mass is 35.5. The van der Waals surface area contributed by atoms with Gasteiger partial charge < -0.3 is 16.0 Å². The lowest BCUT2D eigenvalue weighted by molar-refractivity contribution is 0.0947. The van der Waals surface area contributed by atoms with E-state index in [9.17, 15) is 9.18 Å². The third-order valence-electron chi connectivity index (χ3n) is 7.26. The van der Waals surface area contributed by atoms with E-state index in [0.29, 0.717) is 17.7 Å². The zero-order chi connectivity index (χ0) is 27.6. The van der Waals surface area contributed by atoms with Gasteiger partial charge in [-0.25, -0.2) is 9.37 Å². The molecule has 3 heterocycles. The highest BCUT2D eigenvalue weighted by molar-refractivity contribution is 6.48. The van der Waals surface area contributed by atoms with Crippen LogP contribution in [-0.4, -0.2) is 29.5 Å². The zero-order valence-corrected chi connectivity index (χ0v) is 23.7. The van der Waals surface area contributed by atoms with Gasteiger partial charge >= 0.3 is 0 Å². The minimum atomic E-state index is -0.849. The Bertz CT molecular complexity index is 1440. The molecule has 0 radical (unpaired) electrons. The largest absolute Gasteiger partial charge is 0.363 e. The van der Waals surface area contributed by atoms with Gasteiger partial charge in [0.15, 0.2) is 0 Å². The van der Waals surface area contributed by atoms with Crippen molar-refractivity contribution in [3.63, 3.8) is 0 Å². The summed E-state index contributed by atoms with van der Waals surface area (Å²) in [6, 6.07) is 17.5. The minimum absolute atomic E-state index is 0.0686. The van der Waals surface area contributed by atoms with E-state index in [0.717, 1.165) is 42.6 Å². The summed E-state index contributed by atoms with van der Waals surface area (Å²) in [5.74, 6) is -0.598. The van der Waals surface area contributed by atoms with Crippen LogP contribution in [0.3, 0.4) is 0 Å². The number of dihydropyridines is 1. The van der Waals surface area contributed by atoms with Crippen LogP contribution in [-0.2, 0) is 6.42 Å². The number of nitrogens with zero attached hydrogens (tertiary/aromatic N) is 1. The van der Waals surface area contributed by atoms with E-state index in [2.05, 4.69) is 20.9 Å².